The molecule has 1 fully saturated rings. The number of amides is 2. The number of nitrogens with zero attached hydrogens (tertiary/aromatic N) is 1. The highest BCUT2D eigenvalue weighted by Gasteiger charge is 2.38. The van der Waals surface area contributed by atoms with E-state index in [0.29, 0.717) is 23.6 Å². The lowest BCUT2D eigenvalue weighted by atomic mass is 9.87. The molecular weight excluding hydrogens is 332 g/mol. The minimum Gasteiger partial charge on any atom is -0.481 e. The molecule has 6 nitrogen and oxygen atoms in total. The molecule has 2 aliphatic rings. The van der Waals surface area contributed by atoms with E-state index < -0.39 is 17.9 Å². The Kier molecular flexibility index (Phi) is 5.59. The number of carbonyl (C=O) groups excluding carboxylic acids is 2. The van der Waals surface area contributed by atoms with Gasteiger partial charge in [0.2, 0.25) is 11.8 Å². The molecule has 2 N–H and O–H groups in total. The van der Waals surface area contributed by atoms with Crippen molar-refractivity contribution in [3.8, 4) is 0 Å². The molecule has 1 saturated carbocycles. The summed E-state index contributed by atoms with van der Waals surface area (Å²) in [5.41, 5.74) is 1.27. The summed E-state index contributed by atoms with van der Waals surface area (Å²) in [4.78, 5) is 38.1. The summed E-state index contributed by atoms with van der Waals surface area (Å²) in [5.74, 6) is -1.62. The van der Waals surface area contributed by atoms with E-state index >= 15 is 0 Å². The molecule has 140 valence electrons. The van der Waals surface area contributed by atoms with E-state index in [1.165, 1.54) is 24.2 Å². The van der Waals surface area contributed by atoms with E-state index in [0.717, 1.165) is 12.8 Å². The van der Waals surface area contributed by atoms with Crippen LogP contribution in [0.15, 0.2) is 24.3 Å². The average molecular weight is 358 g/mol. The van der Waals surface area contributed by atoms with Crippen LogP contribution < -0.4 is 10.2 Å². The molecule has 2 atom stereocenters. The molecule has 0 spiro atoms. The number of benzene rings is 1. The van der Waals surface area contributed by atoms with Gasteiger partial charge >= 0.3 is 5.97 Å². The first-order valence-electron chi connectivity index (χ1n) is 9.40. The van der Waals surface area contributed by atoms with Crippen LogP contribution in [0.25, 0.3) is 0 Å². The third kappa shape index (κ3) is 3.89. The zero-order valence-electron chi connectivity index (χ0n) is 15.1. The number of carboxylic acids is 1. The molecule has 3 rings (SSSR count). The Morgan fingerprint density at radius 2 is 1.88 bits per heavy atom. The number of para-hydroxylation sites is 1. The van der Waals surface area contributed by atoms with Gasteiger partial charge in [-0.2, -0.15) is 0 Å². The highest BCUT2D eigenvalue weighted by Crippen LogP contribution is 2.36. The molecule has 26 heavy (non-hydrogen) atoms. The van der Waals surface area contributed by atoms with Crippen molar-refractivity contribution in [2.75, 3.05) is 11.4 Å². The Morgan fingerprint density at radius 1 is 1.19 bits per heavy atom. The lowest BCUT2D eigenvalue weighted by Crippen LogP contribution is -2.47. The predicted octanol–water partition coefficient (Wildman–Crippen LogP) is 2.68. The maximum absolute atomic E-state index is 12.8. The predicted molar refractivity (Wildman–Crippen MR) is 98.0 cm³/mol. The molecule has 1 aliphatic heterocycles. The number of hydrogen-bond donors (Lipinski definition) is 2. The molecule has 2 amide bonds. The van der Waals surface area contributed by atoms with Gasteiger partial charge in [-0.1, -0.05) is 37.5 Å². The second-order valence-corrected chi connectivity index (χ2v) is 7.40. The number of fused-ring (bicyclic) bond motifs is 1. The molecule has 0 radical (unpaired) electrons. The van der Waals surface area contributed by atoms with Gasteiger partial charge in [0.15, 0.2) is 0 Å². The van der Waals surface area contributed by atoms with E-state index in [1.807, 2.05) is 0 Å². The third-order valence-electron chi connectivity index (χ3n) is 5.48. The van der Waals surface area contributed by atoms with E-state index in [-0.39, 0.29) is 18.4 Å². The van der Waals surface area contributed by atoms with Gasteiger partial charge in [0.25, 0.3) is 0 Å². The first-order chi connectivity index (χ1) is 12.5. The lowest BCUT2D eigenvalue weighted by Gasteiger charge is -2.24. The van der Waals surface area contributed by atoms with Gasteiger partial charge in [0.05, 0.1) is 0 Å². The van der Waals surface area contributed by atoms with Gasteiger partial charge in [-0.25, -0.2) is 0 Å². The van der Waals surface area contributed by atoms with Crippen LogP contribution in [0, 0.1) is 5.92 Å². The van der Waals surface area contributed by atoms with Crippen molar-refractivity contribution in [3.05, 3.63) is 29.8 Å². The van der Waals surface area contributed by atoms with Crippen molar-refractivity contribution in [2.24, 2.45) is 5.92 Å². The molecule has 1 aromatic carbocycles. The largest absolute Gasteiger partial charge is 0.481 e. The number of rotatable bonds is 5. The molecular formula is C20H26N2O4. The van der Waals surface area contributed by atoms with E-state index in [1.54, 1.807) is 31.2 Å². The van der Waals surface area contributed by atoms with Crippen molar-refractivity contribution in [1.82, 2.24) is 5.32 Å². The summed E-state index contributed by atoms with van der Waals surface area (Å²) in [5, 5.41) is 12.2. The van der Waals surface area contributed by atoms with Crippen LogP contribution in [0.1, 0.15) is 56.9 Å². The summed E-state index contributed by atoms with van der Waals surface area (Å²) >= 11 is 0. The second-order valence-electron chi connectivity index (χ2n) is 7.40. The van der Waals surface area contributed by atoms with Crippen LogP contribution in [0.5, 0.6) is 0 Å². The van der Waals surface area contributed by atoms with E-state index in [4.69, 9.17) is 0 Å². The minimum atomic E-state index is -0.943. The fourth-order valence-electron chi connectivity index (χ4n) is 4.08. The van der Waals surface area contributed by atoms with Crippen LogP contribution >= 0.6 is 0 Å². The molecule has 2 unspecified atom stereocenters. The number of anilines is 1. The third-order valence-corrected chi connectivity index (χ3v) is 5.48. The number of carboxylic acid groups (broad SMARTS) is 1. The maximum atomic E-state index is 12.8. The monoisotopic (exact) mass is 358 g/mol. The summed E-state index contributed by atoms with van der Waals surface area (Å²) in [6.45, 7) is 1.77. The minimum absolute atomic E-state index is 0.0972. The SMILES string of the molecule is CC(NC(=O)CC1CCCCC1)C(=O)N1CC(C(=O)O)c2ccccc21. The Labute approximate surface area is 153 Å². The molecule has 1 aromatic rings. The van der Waals surface area contributed by atoms with Crippen LogP contribution in [-0.2, 0) is 14.4 Å². The molecule has 0 saturated heterocycles. The highest BCUT2D eigenvalue weighted by molar-refractivity contribution is 6.02. The normalized spacial score (nSPS) is 21.1. The Bertz CT molecular complexity index is 697. The fraction of sp³-hybridized carbons (Fsp3) is 0.550. The van der Waals surface area contributed by atoms with Gasteiger partial charge < -0.3 is 15.3 Å². The maximum Gasteiger partial charge on any atom is 0.312 e. The van der Waals surface area contributed by atoms with E-state index in [9.17, 15) is 19.5 Å². The standard InChI is InChI=1S/C20H26N2O4/c1-13(21-18(23)11-14-7-3-2-4-8-14)19(24)22-12-16(20(25)26)15-9-5-6-10-17(15)22/h5-6,9-10,13-14,16H,2-4,7-8,11-12H2,1H3,(H,21,23)(H,25,26). The van der Waals surface area contributed by atoms with Gasteiger partial charge in [0, 0.05) is 18.7 Å². The fourth-order valence-corrected chi connectivity index (χ4v) is 4.08. The van der Waals surface area contributed by atoms with Crippen LogP contribution in [0.3, 0.4) is 0 Å². The molecule has 1 aliphatic carbocycles. The second kappa shape index (κ2) is 7.89. The van der Waals surface area contributed by atoms with E-state index in [2.05, 4.69) is 5.32 Å². The van der Waals surface area contributed by atoms with Crippen LogP contribution in [-0.4, -0.2) is 35.5 Å². The summed E-state index contributed by atoms with van der Waals surface area (Å²) in [6.07, 6.45) is 6.21. The zero-order chi connectivity index (χ0) is 18.7. The molecule has 0 bridgehead atoms. The first kappa shape index (κ1) is 18.4. The Morgan fingerprint density at radius 3 is 2.58 bits per heavy atom. The smallest absolute Gasteiger partial charge is 0.312 e. The van der Waals surface area contributed by atoms with Crippen LogP contribution in [0.4, 0.5) is 5.69 Å². The first-order valence-corrected chi connectivity index (χ1v) is 9.40. The van der Waals surface area contributed by atoms with Gasteiger partial charge in [-0.05, 0) is 37.3 Å². The molecule has 6 heteroatoms. The Hall–Kier alpha value is -2.37. The summed E-state index contributed by atoms with van der Waals surface area (Å²) < 4.78 is 0. The Balaban J connectivity index is 1.63. The van der Waals surface area contributed by atoms with Crippen molar-refractivity contribution in [3.63, 3.8) is 0 Å². The van der Waals surface area contributed by atoms with Crippen LogP contribution in [0.2, 0.25) is 0 Å². The number of carbonyl (C=O) groups is 3. The van der Waals surface area contributed by atoms with Crippen molar-refractivity contribution in [1.29, 1.82) is 0 Å². The van der Waals surface area contributed by atoms with Crippen molar-refractivity contribution < 1.29 is 19.5 Å². The molecule has 1 heterocycles. The van der Waals surface area contributed by atoms with Crippen molar-refractivity contribution >= 4 is 23.5 Å². The highest BCUT2D eigenvalue weighted by atomic mass is 16.4. The van der Waals surface area contributed by atoms with Gasteiger partial charge in [-0.15, -0.1) is 0 Å². The summed E-state index contributed by atoms with van der Waals surface area (Å²) in [6, 6.07) is 6.39. The summed E-state index contributed by atoms with van der Waals surface area (Å²) in [7, 11) is 0. The number of aliphatic carboxylic acids is 1. The zero-order valence-corrected chi connectivity index (χ0v) is 15.1. The molecule has 0 aromatic heterocycles. The van der Waals surface area contributed by atoms with Crippen molar-refractivity contribution in [2.45, 2.75) is 57.4 Å². The number of nitrogens with one attached hydrogen (secondary N) is 1. The van der Waals surface area contributed by atoms with Gasteiger partial charge in [0.1, 0.15) is 12.0 Å². The van der Waals surface area contributed by atoms with Gasteiger partial charge in [-0.3, -0.25) is 14.4 Å². The number of hydrogen-bond acceptors (Lipinski definition) is 3. The quantitative estimate of drug-likeness (QED) is 0.847. The average Bonchev–Trinajstić information content (AvgIpc) is 3.01. The topological polar surface area (TPSA) is 86.7 Å². The lowest BCUT2D eigenvalue weighted by molar-refractivity contribution is -0.138.